The van der Waals surface area contributed by atoms with Gasteiger partial charge in [0.05, 0.1) is 52.9 Å². The number of ether oxygens (including phenoxy) is 12. The summed E-state index contributed by atoms with van der Waals surface area (Å²) in [6.07, 6.45) is 16.4. The van der Waals surface area contributed by atoms with Gasteiger partial charge in [-0.25, -0.2) is 19.2 Å². The molecular formula is C64H76O16. The molecule has 0 N–H and O–H groups in total. The summed E-state index contributed by atoms with van der Waals surface area (Å²) in [4.78, 5) is 49.7. The first-order valence-corrected chi connectivity index (χ1v) is 28.0. The second-order valence-electron chi connectivity index (χ2n) is 19.5. The molecule has 0 aromatic heterocycles. The maximum absolute atomic E-state index is 12.4. The lowest BCUT2D eigenvalue weighted by atomic mass is 10.1. The lowest BCUT2D eigenvalue weighted by Crippen LogP contribution is -2.35. The van der Waals surface area contributed by atoms with Crippen molar-refractivity contribution in [3.05, 3.63) is 144 Å². The van der Waals surface area contributed by atoms with Crippen molar-refractivity contribution < 1.29 is 76.0 Å². The standard InChI is InChI=1S/2C32H38O8/c2*1-3-5-19-35-25-13-7-23(8-14-25)11-17-29(33)39-27-21-37-32-28(22-38-31(27)32)40-30(34)18-12-24-9-15-26(16-10-24)36-20-6-4-2/h2*7-18,27-28,31-32H,3-6,19-22H2,1-2H3/b2*17-11+,18-12+/t27-,28+,31-,32-;27-,28-,31-,32-/m11/s1. The molecule has 80 heavy (non-hydrogen) atoms. The van der Waals surface area contributed by atoms with Gasteiger partial charge in [-0.05, 0) is 121 Å². The first-order valence-electron chi connectivity index (χ1n) is 28.0. The van der Waals surface area contributed by atoms with Crippen LogP contribution in [-0.2, 0) is 57.1 Å². The number of esters is 4. The number of unbranched alkanes of at least 4 members (excludes halogenated alkanes) is 4. The minimum absolute atomic E-state index is 0.176. The van der Waals surface area contributed by atoms with Crippen LogP contribution in [0.15, 0.2) is 121 Å². The number of carbonyl (C=O) groups is 4. The first-order chi connectivity index (χ1) is 39.1. The predicted molar refractivity (Wildman–Crippen MR) is 302 cm³/mol. The van der Waals surface area contributed by atoms with Crippen molar-refractivity contribution in [2.75, 3.05) is 52.9 Å². The molecule has 0 saturated carbocycles. The fraction of sp³-hybridized carbons (Fsp3) is 0.438. The summed E-state index contributed by atoms with van der Waals surface area (Å²) in [5.74, 6) is 1.22. The number of carbonyl (C=O) groups excluding carboxylic acids is 4. The highest BCUT2D eigenvalue weighted by molar-refractivity contribution is 5.89. The minimum Gasteiger partial charge on any atom is -0.494 e. The monoisotopic (exact) mass is 1100 g/mol. The summed E-state index contributed by atoms with van der Waals surface area (Å²) in [5, 5.41) is 0. The third-order valence-corrected chi connectivity index (χ3v) is 13.2. The average Bonchev–Trinajstić information content (AvgIpc) is 4.28. The molecule has 4 aliphatic heterocycles. The fourth-order valence-electron chi connectivity index (χ4n) is 8.71. The Balaban J connectivity index is 0.000000231. The predicted octanol–water partition coefficient (Wildman–Crippen LogP) is 10.8. The Morgan fingerprint density at radius 2 is 0.550 bits per heavy atom. The zero-order valence-corrected chi connectivity index (χ0v) is 46.3. The van der Waals surface area contributed by atoms with Crippen LogP contribution >= 0.6 is 0 Å². The Morgan fingerprint density at radius 1 is 0.350 bits per heavy atom. The SMILES string of the molecule is CCCCOc1ccc(/C=C/C(=O)O[C@@H]2CO[C@H]3[C@@H]2OC[C@H]3OC(=O)/C=C/c2ccc(OCCCC)cc2)cc1.CCCCOc1ccc(/C=C/C(=O)O[C@H]2CO[C@H]3[C@@H]2OC[C@H]3OC(=O)/C=C/c2ccc(OCCCC)cc2)cc1. The van der Waals surface area contributed by atoms with Crippen molar-refractivity contribution in [3.63, 3.8) is 0 Å². The Morgan fingerprint density at radius 3 is 0.738 bits per heavy atom. The van der Waals surface area contributed by atoms with Crippen molar-refractivity contribution in [2.24, 2.45) is 0 Å². The van der Waals surface area contributed by atoms with Gasteiger partial charge in [0.15, 0.2) is 24.4 Å². The first kappa shape index (κ1) is 60.4. The van der Waals surface area contributed by atoms with Crippen LogP contribution in [0.5, 0.6) is 23.0 Å². The highest BCUT2D eigenvalue weighted by Crippen LogP contribution is 2.33. The van der Waals surface area contributed by atoms with Crippen LogP contribution in [-0.4, -0.2) is 126 Å². The molecule has 0 spiro atoms. The van der Waals surface area contributed by atoms with E-state index in [1.54, 1.807) is 24.3 Å². The van der Waals surface area contributed by atoms with Gasteiger partial charge < -0.3 is 56.8 Å². The van der Waals surface area contributed by atoms with E-state index in [9.17, 15) is 19.2 Å². The molecule has 4 aliphatic rings. The van der Waals surface area contributed by atoms with Gasteiger partial charge in [0.25, 0.3) is 0 Å². The highest BCUT2D eigenvalue weighted by atomic mass is 16.7. The van der Waals surface area contributed by atoms with Crippen molar-refractivity contribution >= 4 is 48.2 Å². The number of benzene rings is 4. The maximum atomic E-state index is 12.4. The maximum Gasteiger partial charge on any atom is 0.331 e. The second-order valence-corrected chi connectivity index (χ2v) is 19.5. The van der Waals surface area contributed by atoms with E-state index in [2.05, 4.69) is 27.7 Å². The van der Waals surface area contributed by atoms with Gasteiger partial charge in [0.1, 0.15) is 47.4 Å². The van der Waals surface area contributed by atoms with Crippen LogP contribution in [0.3, 0.4) is 0 Å². The van der Waals surface area contributed by atoms with E-state index in [4.69, 9.17) is 56.8 Å². The minimum atomic E-state index is -0.575. The van der Waals surface area contributed by atoms with Crippen LogP contribution in [0.25, 0.3) is 24.3 Å². The molecule has 8 rings (SSSR count). The molecule has 4 fully saturated rings. The molecule has 0 unspecified atom stereocenters. The second kappa shape index (κ2) is 32.7. The molecule has 8 atom stereocenters. The lowest BCUT2D eigenvalue weighted by molar-refractivity contribution is -0.150. The van der Waals surface area contributed by atoms with E-state index in [1.165, 1.54) is 24.3 Å². The van der Waals surface area contributed by atoms with E-state index >= 15 is 0 Å². The molecular weight excluding hydrogens is 1020 g/mol. The molecule has 0 radical (unpaired) electrons. The molecule has 428 valence electrons. The van der Waals surface area contributed by atoms with Crippen LogP contribution < -0.4 is 18.9 Å². The topological polar surface area (TPSA) is 179 Å². The molecule has 0 amide bonds. The normalized spacial score (nSPS) is 21.9. The molecule has 16 nitrogen and oxygen atoms in total. The molecule has 4 aromatic rings. The highest BCUT2D eigenvalue weighted by Gasteiger charge is 2.52. The van der Waals surface area contributed by atoms with Gasteiger partial charge in [-0.2, -0.15) is 0 Å². The van der Waals surface area contributed by atoms with Crippen molar-refractivity contribution in [3.8, 4) is 23.0 Å². The number of hydrogen-bond donors (Lipinski definition) is 0. The summed E-state index contributed by atoms with van der Waals surface area (Å²) in [7, 11) is 0. The fourth-order valence-corrected chi connectivity index (χ4v) is 8.71. The molecule has 4 heterocycles. The summed E-state index contributed by atoms with van der Waals surface area (Å²) in [6.45, 7) is 11.9. The molecule has 0 bridgehead atoms. The van der Waals surface area contributed by atoms with Crippen molar-refractivity contribution in [1.82, 2.24) is 0 Å². The third-order valence-electron chi connectivity index (χ3n) is 13.2. The van der Waals surface area contributed by atoms with Gasteiger partial charge in [0, 0.05) is 24.3 Å². The number of fused-ring (bicyclic) bond motifs is 2. The van der Waals surface area contributed by atoms with Crippen molar-refractivity contribution in [1.29, 1.82) is 0 Å². The van der Waals surface area contributed by atoms with Gasteiger partial charge in [-0.15, -0.1) is 0 Å². The molecule has 0 aliphatic carbocycles. The molecule has 16 heteroatoms. The van der Waals surface area contributed by atoms with Gasteiger partial charge >= 0.3 is 23.9 Å². The van der Waals surface area contributed by atoms with E-state index in [0.29, 0.717) is 26.4 Å². The summed E-state index contributed by atoms with van der Waals surface area (Å²) >= 11 is 0. The Hall–Kier alpha value is -7.24. The molecule has 4 aromatic carbocycles. The average molecular weight is 1100 g/mol. The van der Waals surface area contributed by atoms with Gasteiger partial charge in [0.2, 0.25) is 0 Å². The van der Waals surface area contributed by atoms with E-state index in [1.807, 2.05) is 97.1 Å². The van der Waals surface area contributed by atoms with Crippen LogP contribution in [0.4, 0.5) is 0 Å². The Labute approximate surface area is 469 Å². The van der Waals surface area contributed by atoms with Crippen LogP contribution in [0.1, 0.15) is 101 Å². The van der Waals surface area contributed by atoms with E-state index in [0.717, 1.165) is 96.6 Å². The quantitative estimate of drug-likeness (QED) is 0.0227. The Bertz CT molecular complexity index is 2280. The third kappa shape index (κ3) is 19.5. The number of hydrogen-bond acceptors (Lipinski definition) is 16. The molecule has 4 saturated heterocycles. The van der Waals surface area contributed by atoms with Crippen molar-refractivity contribution in [2.45, 2.75) is 128 Å². The number of rotatable bonds is 28. The summed E-state index contributed by atoms with van der Waals surface area (Å²) < 4.78 is 68.0. The van der Waals surface area contributed by atoms with E-state index in [-0.39, 0.29) is 26.4 Å². The van der Waals surface area contributed by atoms with E-state index < -0.39 is 72.7 Å². The smallest absolute Gasteiger partial charge is 0.331 e. The van der Waals surface area contributed by atoms with Gasteiger partial charge in [-0.3, -0.25) is 0 Å². The van der Waals surface area contributed by atoms with Crippen LogP contribution in [0.2, 0.25) is 0 Å². The zero-order valence-electron chi connectivity index (χ0n) is 46.3. The largest absolute Gasteiger partial charge is 0.494 e. The van der Waals surface area contributed by atoms with Crippen LogP contribution in [0, 0.1) is 0 Å². The lowest BCUT2D eigenvalue weighted by Gasteiger charge is -2.16. The summed E-state index contributed by atoms with van der Waals surface area (Å²) in [5.41, 5.74) is 3.42. The van der Waals surface area contributed by atoms with Gasteiger partial charge in [-0.1, -0.05) is 102 Å². The Kier molecular flexibility index (Phi) is 24.7. The zero-order chi connectivity index (χ0) is 56.3. The summed E-state index contributed by atoms with van der Waals surface area (Å²) in [6, 6.07) is 30.0.